The molecule has 0 bridgehead atoms. The second-order valence-electron chi connectivity index (χ2n) is 3.70. The Morgan fingerprint density at radius 2 is 2.40 bits per heavy atom. The lowest BCUT2D eigenvalue weighted by Crippen LogP contribution is -2.13. The van der Waals surface area contributed by atoms with Crippen LogP contribution in [0.5, 0.6) is 0 Å². The molecule has 0 aliphatic rings. The number of nitrogens with two attached hydrogens (primary N) is 1. The van der Waals surface area contributed by atoms with E-state index < -0.39 is 6.10 Å². The van der Waals surface area contributed by atoms with E-state index in [9.17, 15) is 9.90 Å². The van der Waals surface area contributed by atoms with E-state index >= 15 is 0 Å². The maximum Gasteiger partial charge on any atom is 0.219 e. The number of hydrogen-bond donors (Lipinski definition) is 2. The quantitative estimate of drug-likeness (QED) is 0.740. The molecule has 4 heteroatoms. The number of aliphatic hydroxyl groups is 1. The molecule has 1 amide bonds. The van der Waals surface area contributed by atoms with Crippen LogP contribution in [-0.4, -0.2) is 15.6 Å². The van der Waals surface area contributed by atoms with Crippen LogP contribution in [0.2, 0.25) is 0 Å². The molecule has 84 valence electrons. The van der Waals surface area contributed by atoms with Crippen molar-refractivity contribution in [2.75, 3.05) is 0 Å². The van der Waals surface area contributed by atoms with Crippen LogP contribution in [0.3, 0.4) is 0 Å². The Hall–Kier alpha value is -1.29. The SMILES string of the molecule is CCCC(O)c1ccn(CCC(N)=O)c1. The number of carbonyl (C=O) groups is 1. The highest BCUT2D eigenvalue weighted by molar-refractivity contribution is 5.73. The van der Waals surface area contributed by atoms with Crippen molar-refractivity contribution in [2.45, 2.75) is 38.8 Å². The average molecular weight is 210 g/mol. The summed E-state index contributed by atoms with van der Waals surface area (Å²) in [5.41, 5.74) is 5.96. The Kier molecular flexibility index (Phi) is 4.37. The molecule has 0 fully saturated rings. The van der Waals surface area contributed by atoms with Crippen molar-refractivity contribution in [1.29, 1.82) is 0 Å². The Labute approximate surface area is 89.7 Å². The van der Waals surface area contributed by atoms with Crippen LogP contribution in [0.15, 0.2) is 18.5 Å². The highest BCUT2D eigenvalue weighted by Gasteiger charge is 2.07. The predicted octanol–water partition coefficient (Wildman–Crippen LogP) is 1.20. The molecule has 1 rings (SSSR count). The zero-order chi connectivity index (χ0) is 11.3. The van der Waals surface area contributed by atoms with Crippen LogP contribution in [0, 0.1) is 0 Å². The van der Waals surface area contributed by atoms with Gasteiger partial charge >= 0.3 is 0 Å². The van der Waals surface area contributed by atoms with E-state index in [0.717, 1.165) is 18.4 Å². The van der Waals surface area contributed by atoms with Crippen molar-refractivity contribution in [3.8, 4) is 0 Å². The summed E-state index contributed by atoms with van der Waals surface area (Å²) in [7, 11) is 0. The third-order valence-electron chi connectivity index (χ3n) is 2.34. The Morgan fingerprint density at radius 3 is 3.00 bits per heavy atom. The summed E-state index contributed by atoms with van der Waals surface area (Å²) in [6.07, 6.45) is 5.37. The highest BCUT2D eigenvalue weighted by atomic mass is 16.3. The van der Waals surface area contributed by atoms with Crippen molar-refractivity contribution >= 4 is 5.91 Å². The summed E-state index contributed by atoms with van der Waals surface area (Å²) in [5, 5.41) is 9.71. The van der Waals surface area contributed by atoms with Gasteiger partial charge in [0.2, 0.25) is 5.91 Å². The largest absolute Gasteiger partial charge is 0.388 e. The number of aryl methyl sites for hydroxylation is 1. The van der Waals surface area contributed by atoms with Gasteiger partial charge in [0, 0.05) is 25.4 Å². The van der Waals surface area contributed by atoms with Gasteiger partial charge in [-0.3, -0.25) is 4.79 Å². The molecule has 1 aromatic heterocycles. The van der Waals surface area contributed by atoms with Crippen molar-refractivity contribution in [3.63, 3.8) is 0 Å². The Bertz CT molecular complexity index is 320. The van der Waals surface area contributed by atoms with Gasteiger partial charge in [0.05, 0.1) is 6.10 Å². The summed E-state index contributed by atoms with van der Waals surface area (Å²) >= 11 is 0. The van der Waals surface area contributed by atoms with Gasteiger partial charge in [0.25, 0.3) is 0 Å². The van der Waals surface area contributed by atoms with Crippen LogP contribution in [-0.2, 0) is 11.3 Å². The molecular weight excluding hydrogens is 192 g/mol. The standard InChI is InChI=1S/C11H18N2O2/c1-2-3-10(14)9-4-6-13(8-9)7-5-11(12)15/h4,6,8,10,14H,2-3,5,7H2,1H3,(H2,12,15). The molecule has 0 spiro atoms. The molecule has 15 heavy (non-hydrogen) atoms. The van der Waals surface area contributed by atoms with Crippen LogP contribution >= 0.6 is 0 Å². The van der Waals surface area contributed by atoms with Gasteiger partial charge in [-0.2, -0.15) is 0 Å². The van der Waals surface area contributed by atoms with Gasteiger partial charge < -0.3 is 15.4 Å². The first-order chi connectivity index (χ1) is 7.13. The third-order valence-corrected chi connectivity index (χ3v) is 2.34. The molecule has 4 nitrogen and oxygen atoms in total. The van der Waals surface area contributed by atoms with Crippen molar-refractivity contribution in [1.82, 2.24) is 4.57 Å². The lowest BCUT2D eigenvalue weighted by molar-refractivity contribution is -0.118. The van der Waals surface area contributed by atoms with E-state index in [-0.39, 0.29) is 5.91 Å². The maximum atomic E-state index is 10.6. The fraction of sp³-hybridized carbons (Fsp3) is 0.545. The number of nitrogens with zero attached hydrogens (tertiary/aromatic N) is 1. The van der Waals surface area contributed by atoms with E-state index in [1.165, 1.54) is 0 Å². The third kappa shape index (κ3) is 3.75. The van der Waals surface area contributed by atoms with Gasteiger partial charge in [-0.05, 0) is 18.1 Å². The molecule has 1 atom stereocenters. The number of rotatable bonds is 6. The monoisotopic (exact) mass is 210 g/mol. The van der Waals surface area contributed by atoms with Gasteiger partial charge in [-0.25, -0.2) is 0 Å². The molecule has 3 N–H and O–H groups in total. The van der Waals surface area contributed by atoms with E-state index in [1.807, 2.05) is 30.0 Å². The summed E-state index contributed by atoms with van der Waals surface area (Å²) in [6.45, 7) is 2.61. The summed E-state index contributed by atoms with van der Waals surface area (Å²) in [5.74, 6) is -0.306. The first-order valence-corrected chi connectivity index (χ1v) is 5.25. The van der Waals surface area contributed by atoms with Crippen molar-refractivity contribution in [2.24, 2.45) is 5.73 Å². The molecule has 0 aliphatic carbocycles. The average Bonchev–Trinajstić information content (AvgIpc) is 2.63. The maximum absolute atomic E-state index is 10.6. The molecule has 1 heterocycles. The smallest absolute Gasteiger partial charge is 0.219 e. The molecule has 0 saturated carbocycles. The van der Waals surface area contributed by atoms with Crippen LogP contribution < -0.4 is 5.73 Å². The fourth-order valence-electron chi connectivity index (χ4n) is 1.47. The second-order valence-corrected chi connectivity index (χ2v) is 3.70. The normalized spacial score (nSPS) is 12.7. The topological polar surface area (TPSA) is 68.2 Å². The summed E-state index contributed by atoms with van der Waals surface area (Å²) in [6, 6.07) is 1.88. The lowest BCUT2D eigenvalue weighted by atomic mass is 10.1. The first kappa shape index (κ1) is 11.8. The predicted molar refractivity (Wildman–Crippen MR) is 58.1 cm³/mol. The van der Waals surface area contributed by atoms with E-state index in [4.69, 9.17) is 5.73 Å². The number of hydrogen-bond acceptors (Lipinski definition) is 2. The zero-order valence-electron chi connectivity index (χ0n) is 9.02. The molecule has 1 aromatic rings. The number of amides is 1. The molecule has 0 aliphatic heterocycles. The summed E-state index contributed by atoms with van der Waals surface area (Å²) < 4.78 is 1.87. The minimum absolute atomic E-state index is 0.306. The number of primary amides is 1. The first-order valence-electron chi connectivity index (χ1n) is 5.25. The van der Waals surface area contributed by atoms with Gasteiger partial charge in [0.15, 0.2) is 0 Å². The number of aromatic nitrogens is 1. The highest BCUT2D eigenvalue weighted by Crippen LogP contribution is 2.18. The number of aliphatic hydroxyl groups excluding tert-OH is 1. The van der Waals surface area contributed by atoms with Crippen molar-refractivity contribution in [3.05, 3.63) is 24.0 Å². The zero-order valence-corrected chi connectivity index (χ0v) is 9.02. The minimum atomic E-state index is -0.398. The Morgan fingerprint density at radius 1 is 1.67 bits per heavy atom. The van der Waals surface area contributed by atoms with E-state index in [0.29, 0.717) is 13.0 Å². The summed E-state index contributed by atoms with van der Waals surface area (Å²) in [4.78, 5) is 10.6. The number of carbonyl (C=O) groups excluding carboxylic acids is 1. The molecule has 0 radical (unpaired) electrons. The fourth-order valence-corrected chi connectivity index (χ4v) is 1.47. The van der Waals surface area contributed by atoms with Crippen LogP contribution in [0.4, 0.5) is 0 Å². The van der Waals surface area contributed by atoms with Crippen LogP contribution in [0.25, 0.3) is 0 Å². The lowest BCUT2D eigenvalue weighted by Gasteiger charge is -2.06. The molecular formula is C11H18N2O2. The molecule has 1 unspecified atom stereocenters. The van der Waals surface area contributed by atoms with Crippen molar-refractivity contribution < 1.29 is 9.90 Å². The molecule has 0 saturated heterocycles. The minimum Gasteiger partial charge on any atom is -0.388 e. The van der Waals surface area contributed by atoms with Gasteiger partial charge in [0.1, 0.15) is 0 Å². The van der Waals surface area contributed by atoms with Crippen LogP contribution in [0.1, 0.15) is 37.9 Å². The van der Waals surface area contributed by atoms with E-state index in [1.54, 1.807) is 0 Å². The van der Waals surface area contributed by atoms with Gasteiger partial charge in [-0.15, -0.1) is 0 Å². The molecule has 0 aromatic carbocycles. The van der Waals surface area contributed by atoms with E-state index in [2.05, 4.69) is 0 Å². The Balaban J connectivity index is 2.51. The second kappa shape index (κ2) is 5.56. The van der Waals surface area contributed by atoms with Gasteiger partial charge in [-0.1, -0.05) is 13.3 Å².